The summed E-state index contributed by atoms with van der Waals surface area (Å²) in [5.74, 6) is 0.637. The van der Waals surface area contributed by atoms with Crippen molar-refractivity contribution in [2.75, 3.05) is 40.4 Å². The van der Waals surface area contributed by atoms with Crippen LogP contribution >= 0.6 is 0 Å². The van der Waals surface area contributed by atoms with Crippen molar-refractivity contribution in [3.63, 3.8) is 0 Å². The minimum Gasteiger partial charge on any atom is -0.497 e. The molecule has 1 saturated heterocycles. The average molecular weight is 372 g/mol. The molecule has 0 spiro atoms. The Balaban J connectivity index is 1.49. The third kappa shape index (κ3) is 4.98. The Morgan fingerprint density at radius 2 is 1.63 bits per heavy atom. The number of benzene rings is 2. The first-order chi connectivity index (χ1) is 13.1. The molecular weight excluding hydrogens is 347 g/mol. The molecule has 0 atom stereocenters. The molecule has 1 aliphatic rings. The number of amides is 1. The van der Waals surface area contributed by atoms with Crippen molar-refractivity contribution in [1.29, 1.82) is 0 Å². The summed E-state index contributed by atoms with van der Waals surface area (Å²) in [6.07, 6.45) is 0.208. The van der Waals surface area contributed by atoms with Crippen molar-refractivity contribution in [3.05, 3.63) is 59.4 Å². The lowest BCUT2D eigenvalue weighted by molar-refractivity contribution is -0.132. The smallest absolute Gasteiger partial charge is 0.227 e. The number of halogens is 1. The molecule has 2 aromatic rings. The fourth-order valence-electron chi connectivity index (χ4n) is 3.25. The lowest BCUT2D eigenvalue weighted by Gasteiger charge is -2.35. The van der Waals surface area contributed by atoms with Gasteiger partial charge in [0.25, 0.3) is 0 Å². The molecule has 1 aliphatic heterocycles. The number of methoxy groups -OCH3 is 2. The summed E-state index contributed by atoms with van der Waals surface area (Å²) in [4.78, 5) is 16.7. The first-order valence-corrected chi connectivity index (χ1v) is 9.04. The van der Waals surface area contributed by atoms with E-state index < -0.39 is 5.82 Å². The van der Waals surface area contributed by atoms with Crippen LogP contribution < -0.4 is 9.47 Å². The van der Waals surface area contributed by atoms with Crippen LogP contribution in [0.15, 0.2) is 42.5 Å². The first kappa shape index (κ1) is 19.2. The van der Waals surface area contributed by atoms with Crippen LogP contribution in [0.1, 0.15) is 11.1 Å². The molecule has 5 nitrogen and oxygen atoms in total. The Labute approximate surface area is 159 Å². The highest BCUT2D eigenvalue weighted by molar-refractivity contribution is 5.79. The molecule has 27 heavy (non-hydrogen) atoms. The van der Waals surface area contributed by atoms with Gasteiger partial charge in [-0.05, 0) is 35.4 Å². The maximum Gasteiger partial charge on any atom is 0.227 e. The maximum absolute atomic E-state index is 13.8. The van der Waals surface area contributed by atoms with Gasteiger partial charge in [0.1, 0.15) is 5.75 Å². The molecule has 1 heterocycles. The van der Waals surface area contributed by atoms with Gasteiger partial charge < -0.3 is 14.4 Å². The minimum atomic E-state index is -0.438. The number of hydrogen-bond acceptors (Lipinski definition) is 4. The molecule has 2 aromatic carbocycles. The molecule has 0 radical (unpaired) electrons. The molecule has 3 rings (SSSR count). The van der Waals surface area contributed by atoms with Crippen LogP contribution in [-0.2, 0) is 17.8 Å². The van der Waals surface area contributed by atoms with E-state index in [0.717, 1.165) is 25.4 Å². The standard InChI is InChI=1S/C21H25FN2O3/c1-26-18-6-3-16(4-7-18)15-23-9-11-24(12-10-23)21(25)14-17-5-8-20(27-2)19(22)13-17/h3-8,13H,9-12,14-15H2,1-2H3. The van der Waals surface area contributed by atoms with E-state index in [4.69, 9.17) is 9.47 Å². The van der Waals surface area contributed by atoms with Gasteiger partial charge in [-0.2, -0.15) is 0 Å². The van der Waals surface area contributed by atoms with Crippen LogP contribution in [-0.4, -0.2) is 56.1 Å². The zero-order valence-corrected chi connectivity index (χ0v) is 15.8. The molecule has 0 saturated carbocycles. The second-order valence-electron chi connectivity index (χ2n) is 6.65. The van der Waals surface area contributed by atoms with Gasteiger partial charge in [0, 0.05) is 32.7 Å². The summed E-state index contributed by atoms with van der Waals surface area (Å²) in [5, 5.41) is 0. The molecule has 0 N–H and O–H groups in total. The van der Waals surface area contributed by atoms with Crippen molar-refractivity contribution < 1.29 is 18.7 Å². The summed E-state index contributed by atoms with van der Waals surface area (Å²) in [6.45, 7) is 3.89. The lowest BCUT2D eigenvalue weighted by Crippen LogP contribution is -2.48. The third-order valence-corrected chi connectivity index (χ3v) is 4.86. The van der Waals surface area contributed by atoms with Crippen LogP contribution in [0.3, 0.4) is 0 Å². The van der Waals surface area contributed by atoms with E-state index in [9.17, 15) is 9.18 Å². The molecule has 144 valence electrons. The zero-order chi connectivity index (χ0) is 19.2. The maximum atomic E-state index is 13.8. The van der Waals surface area contributed by atoms with Crippen LogP contribution in [0.2, 0.25) is 0 Å². The van der Waals surface area contributed by atoms with Gasteiger partial charge in [0.2, 0.25) is 5.91 Å². The number of nitrogens with zero attached hydrogens (tertiary/aromatic N) is 2. The summed E-state index contributed by atoms with van der Waals surface area (Å²) < 4.78 is 23.9. The van der Waals surface area contributed by atoms with Crippen LogP contribution in [0.5, 0.6) is 11.5 Å². The fraction of sp³-hybridized carbons (Fsp3) is 0.381. The van der Waals surface area contributed by atoms with Crippen LogP contribution in [0, 0.1) is 5.82 Å². The number of carbonyl (C=O) groups is 1. The Bertz CT molecular complexity index is 771. The molecule has 1 fully saturated rings. The average Bonchev–Trinajstić information content (AvgIpc) is 2.69. The van der Waals surface area contributed by atoms with E-state index in [2.05, 4.69) is 17.0 Å². The van der Waals surface area contributed by atoms with Crippen molar-refractivity contribution >= 4 is 5.91 Å². The second-order valence-corrected chi connectivity index (χ2v) is 6.65. The Morgan fingerprint density at radius 1 is 0.963 bits per heavy atom. The normalized spacial score (nSPS) is 14.9. The topological polar surface area (TPSA) is 42.0 Å². The van der Waals surface area contributed by atoms with E-state index in [1.165, 1.54) is 18.7 Å². The number of hydrogen-bond donors (Lipinski definition) is 0. The Kier molecular flexibility index (Phi) is 6.29. The van der Waals surface area contributed by atoms with Crippen LogP contribution in [0.4, 0.5) is 4.39 Å². The van der Waals surface area contributed by atoms with Gasteiger partial charge in [-0.3, -0.25) is 9.69 Å². The Hall–Kier alpha value is -2.60. The van der Waals surface area contributed by atoms with Crippen LogP contribution in [0.25, 0.3) is 0 Å². The summed E-state index contributed by atoms with van der Waals surface area (Å²) in [6, 6.07) is 12.7. The number of ether oxygens (including phenoxy) is 2. The lowest BCUT2D eigenvalue weighted by atomic mass is 10.1. The van der Waals surface area contributed by atoms with E-state index in [-0.39, 0.29) is 18.1 Å². The van der Waals surface area contributed by atoms with Gasteiger partial charge in [0.05, 0.1) is 20.6 Å². The molecule has 1 amide bonds. The quantitative estimate of drug-likeness (QED) is 0.782. The van der Waals surface area contributed by atoms with Gasteiger partial charge in [0.15, 0.2) is 11.6 Å². The summed E-state index contributed by atoms with van der Waals surface area (Å²) in [5.41, 5.74) is 1.89. The predicted octanol–water partition coefficient (Wildman–Crippen LogP) is 2.73. The van der Waals surface area contributed by atoms with Gasteiger partial charge in [-0.25, -0.2) is 4.39 Å². The molecule has 0 aromatic heterocycles. The van der Waals surface area contributed by atoms with Crippen molar-refractivity contribution in [2.45, 2.75) is 13.0 Å². The molecular formula is C21H25FN2O3. The molecule has 0 unspecified atom stereocenters. The van der Waals surface area contributed by atoms with E-state index in [0.29, 0.717) is 18.7 Å². The fourth-order valence-corrected chi connectivity index (χ4v) is 3.25. The van der Waals surface area contributed by atoms with Gasteiger partial charge in [-0.1, -0.05) is 18.2 Å². The van der Waals surface area contributed by atoms with Gasteiger partial charge >= 0.3 is 0 Å². The van der Waals surface area contributed by atoms with E-state index in [1.54, 1.807) is 19.2 Å². The zero-order valence-electron chi connectivity index (χ0n) is 15.8. The molecule has 0 bridgehead atoms. The third-order valence-electron chi connectivity index (χ3n) is 4.86. The summed E-state index contributed by atoms with van der Waals surface area (Å²) >= 11 is 0. The largest absolute Gasteiger partial charge is 0.497 e. The monoisotopic (exact) mass is 372 g/mol. The van der Waals surface area contributed by atoms with Crippen molar-refractivity contribution in [3.8, 4) is 11.5 Å². The van der Waals surface area contributed by atoms with Gasteiger partial charge in [-0.15, -0.1) is 0 Å². The number of piperazine rings is 1. The number of carbonyl (C=O) groups excluding carboxylic acids is 1. The highest BCUT2D eigenvalue weighted by Gasteiger charge is 2.21. The first-order valence-electron chi connectivity index (χ1n) is 9.04. The van der Waals surface area contributed by atoms with Crippen molar-refractivity contribution in [1.82, 2.24) is 9.80 Å². The summed E-state index contributed by atoms with van der Waals surface area (Å²) in [7, 11) is 3.08. The van der Waals surface area contributed by atoms with E-state index >= 15 is 0 Å². The second kappa shape index (κ2) is 8.86. The highest BCUT2D eigenvalue weighted by atomic mass is 19.1. The molecule has 6 heteroatoms. The highest BCUT2D eigenvalue weighted by Crippen LogP contribution is 2.19. The number of rotatable bonds is 6. The SMILES string of the molecule is COc1ccc(CN2CCN(C(=O)Cc3ccc(OC)c(F)c3)CC2)cc1. The predicted molar refractivity (Wildman–Crippen MR) is 102 cm³/mol. The molecule has 0 aliphatic carbocycles. The Morgan fingerprint density at radius 3 is 2.22 bits per heavy atom. The van der Waals surface area contributed by atoms with Crippen molar-refractivity contribution in [2.24, 2.45) is 0 Å². The minimum absolute atomic E-state index is 0.0312. The van der Waals surface area contributed by atoms with E-state index in [1.807, 2.05) is 17.0 Å².